The zero-order valence-corrected chi connectivity index (χ0v) is 38.0. The van der Waals surface area contributed by atoms with E-state index in [2.05, 4.69) is 234 Å². The van der Waals surface area contributed by atoms with Crippen LogP contribution in [0.15, 0.2) is 170 Å². The third-order valence-electron chi connectivity index (χ3n) is 14.3. The van der Waals surface area contributed by atoms with Gasteiger partial charge in [-0.2, -0.15) is 0 Å². The molecular weight excluding hydrogens is 765 g/mol. The fourth-order valence-electron chi connectivity index (χ4n) is 10.7. The first kappa shape index (κ1) is 37.7. The average Bonchev–Trinajstić information content (AvgIpc) is 3.76. The SMILES string of the molecule is CC1(C)c2cc(/C=C/c3ccc(-c4ccc5c(c4)-c4ccccc4[Si]5(C)C)cc3)ccc2-c2ccc(/C=C/c3ccc(-c4ccc5c(c4)-c4ccccc4[Si]5(C)C)cc3)cc21. The minimum Gasteiger partial charge on any atom is -0.0623 e. The highest BCUT2D eigenvalue weighted by atomic mass is 28.3. The Hall–Kier alpha value is -6.33. The quantitative estimate of drug-likeness (QED) is 0.116. The van der Waals surface area contributed by atoms with E-state index in [0.717, 1.165) is 0 Å². The van der Waals surface area contributed by atoms with Gasteiger partial charge in [0.1, 0.15) is 16.1 Å². The molecule has 0 N–H and O–H groups in total. The molecule has 294 valence electrons. The lowest BCUT2D eigenvalue weighted by atomic mass is 9.81. The van der Waals surface area contributed by atoms with E-state index >= 15 is 0 Å². The summed E-state index contributed by atoms with van der Waals surface area (Å²) in [6, 6.07) is 64.3. The van der Waals surface area contributed by atoms with E-state index in [4.69, 9.17) is 0 Å². The molecule has 3 aliphatic rings. The zero-order valence-electron chi connectivity index (χ0n) is 36.0. The highest BCUT2D eigenvalue weighted by molar-refractivity contribution is 7.04. The molecule has 2 heteroatoms. The molecule has 0 saturated heterocycles. The fraction of sp³-hybridized carbons (Fsp3) is 0.119. The predicted octanol–water partition coefficient (Wildman–Crippen LogP) is 13.3. The summed E-state index contributed by atoms with van der Waals surface area (Å²) in [5.41, 5.74) is 21.0. The van der Waals surface area contributed by atoms with E-state index < -0.39 is 16.1 Å². The van der Waals surface area contributed by atoms with Crippen LogP contribution in [0.25, 0.3) is 79.9 Å². The summed E-state index contributed by atoms with van der Waals surface area (Å²) in [7, 11) is -3.28. The van der Waals surface area contributed by atoms with E-state index in [1.807, 2.05) is 0 Å². The van der Waals surface area contributed by atoms with E-state index in [1.165, 1.54) is 89.0 Å². The number of fused-ring (bicyclic) bond motifs is 9. The molecule has 0 aromatic heterocycles. The number of hydrogen-bond donors (Lipinski definition) is 0. The Labute approximate surface area is 363 Å². The molecule has 2 heterocycles. The summed E-state index contributed by atoms with van der Waals surface area (Å²) in [5, 5.41) is 6.21. The molecule has 0 atom stereocenters. The maximum atomic E-state index is 2.48. The molecule has 0 spiro atoms. The van der Waals surface area contributed by atoms with E-state index in [9.17, 15) is 0 Å². The molecule has 8 aromatic carbocycles. The van der Waals surface area contributed by atoms with Gasteiger partial charge in [0, 0.05) is 5.41 Å². The maximum Gasteiger partial charge on any atom is 0.113 e. The Kier molecular flexibility index (Phi) is 8.55. The minimum atomic E-state index is -1.64. The van der Waals surface area contributed by atoms with Gasteiger partial charge < -0.3 is 0 Å². The van der Waals surface area contributed by atoms with Crippen molar-refractivity contribution in [3.63, 3.8) is 0 Å². The Balaban J connectivity index is 0.786. The molecule has 0 radical (unpaired) electrons. The Bertz CT molecular complexity index is 2920. The largest absolute Gasteiger partial charge is 0.113 e. The van der Waals surface area contributed by atoms with Crippen molar-refractivity contribution in [1.82, 2.24) is 0 Å². The second kappa shape index (κ2) is 13.9. The number of rotatable bonds is 6. The van der Waals surface area contributed by atoms with Crippen molar-refractivity contribution in [3.8, 4) is 55.6 Å². The maximum absolute atomic E-state index is 2.48. The standard InChI is InChI=1S/C59H50Si2/c1-59(2)53-35-41(17-15-39-19-25-43(26-20-39)45-29-33-57-51(37-45)49-11-7-9-13-55(49)60(57,3)4)23-31-47(53)48-32-24-42(36-54(48)59)18-16-40-21-27-44(28-22-40)46-30-34-58-52(38-46)50-12-8-10-14-56(50)61(58,5)6/h7-38H,1-6H3/b17-15+,18-16+. The first-order chi connectivity index (χ1) is 29.5. The third kappa shape index (κ3) is 6.07. The first-order valence-corrected chi connectivity index (χ1v) is 27.8. The van der Waals surface area contributed by atoms with Gasteiger partial charge in [-0.05, 0) is 122 Å². The molecule has 11 rings (SSSR count). The lowest BCUT2D eigenvalue weighted by Gasteiger charge is -2.22. The Morgan fingerprint density at radius 3 is 1.08 bits per heavy atom. The van der Waals surface area contributed by atoms with Crippen LogP contribution in [-0.4, -0.2) is 16.1 Å². The van der Waals surface area contributed by atoms with Crippen LogP contribution in [0.5, 0.6) is 0 Å². The highest BCUT2D eigenvalue weighted by Crippen LogP contribution is 2.49. The lowest BCUT2D eigenvalue weighted by Crippen LogP contribution is -2.49. The van der Waals surface area contributed by atoms with Crippen LogP contribution in [0.3, 0.4) is 0 Å². The first-order valence-electron chi connectivity index (χ1n) is 21.8. The summed E-state index contributed by atoms with van der Waals surface area (Å²) in [6.45, 7) is 14.7. The molecular formula is C59H50Si2. The molecule has 2 aliphatic heterocycles. The predicted molar refractivity (Wildman–Crippen MR) is 270 cm³/mol. The second-order valence-electron chi connectivity index (χ2n) is 19.0. The monoisotopic (exact) mass is 814 g/mol. The zero-order chi connectivity index (χ0) is 41.7. The molecule has 0 bridgehead atoms. The van der Waals surface area contributed by atoms with Gasteiger partial charge in [-0.15, -0.1) is 0 Å². The summed E-state index contributed by atoms with van der Waals surface area (Å²) in [6.07, 6.45) is 9.02. The van der Waals surface area contributed by atoms with Crippen molar-refractivity contribution in [1.29, 1.82) is 0 Å². The van der Waals surface area contributed by atoms with Crippen molar-refractivity contribution in [2.45, 2.75) is 45.5 Å². The Morgan fingerprint density at radius 1 is 0.311 bits per heavy atom. The van der Waals surface area contributed by atoms with Crippen LogP contribution in [0.1, 0.15) is 47.2 Å². The molecule has 0 amide bonds. The molecule has 0 saturated carbocycles. The lowest BCUT2D eigenvalue weighted by molar-refractivity contribution is 0.660. The van der Waals surface area contributed by atoms with Crippen LogP contribution in [0.4, 0.5) is 0 Å². The van der Waals surface area contributed by atoms with Gasteiger partial charge in [-0.3, -0.25) is 0 Å². The van der Waals surface area contributed by atoms with Crippen molar-refractivity contribution >= 4 is 61.2 Å². The van der Waals surface area contributed by atoms with Gasteiger partial charge in [0.15, 0.2) is 0 Å². The van der Waals surface area contributed by atoms with Gasteiger partial charge in [0.25, 0.3) is 0 Å². The summed E-state index contributed by atoms with van der Waals surface area (Å²) in [5.74, 6) is 0. The van der Waals surface area contributed by atoms with Crippen molar-refractivity contribution in [3.05, 3.63) is 203 Å². The van der Waals surface area contributed by atoms with Crippen molar-refractivity contribution in [2.24, 2.45) is 0 Å². The second-order valence-corrected chi connectivity index (χ2v) is 27.7. The van der Waals surface area contributed by atoms with Crippen LogP contribution in [-0.2, 0) is 5.41 Å². The topological polar surface area (TPSA) is 0 Å². The van der Waals surface area contributed by atoms with E-state index in [-0.39, 0.29) is 5.41 Å². The summed E-state index contributed by atoms with van der Waals surface area (Å²) < 4.78 is 0. The molecule has 61 heavy (non-hydrogen) atoms. The summed E-state index contributed by atoms with van der Waals surface area (Å²) >= 11 is 0. The summed E-state index contributed by atoms with van der Waals surface area (Å²) in [4.78, 5) is 0. The number of benzene rings is 8. The van der Waals surface area contributed by atoms with Gasteiger partial charge in [-0.25, -0.2) is 0 Å². The number of hydrogen-bond acceptors (Lipinski definition) is 0. The fourth-order valence-corrected chi connectivity index (χ4v) is 16.9. The molecule has 8 aromatic rings. The molecule has 1 aliphatic carbocycles. The van der Waals surface area contributed by atoms with Crippen LogP contribution in [0, 0.1) is 0 Å². The normalized spacial score (nSPS) is 15.6. The van der Waals surface area contributed by atoms with Crippen LogP contribution < -0.4 is 20.7 Å². The van der Waals surface area contributed by atoms with Crippen molar-refractivity contribution < 1.29 is 0 Å². The minimum absolute atomic E-state index is 0.0934. The third-order valence-corrected chi connectivity index (χ3v) is 21.4. The Morgan fingerprint density at radius 2 is 0.656 bits per heavy atom. The molecule has 0 fully saturated rings. The molecule has 0 nitrogen and oxygen atoms in total. The van der Waals surface area contributed by atoms with Crippen LogP contribution >= 0.6 is 0 Å². The van der Waals surface area contributed by atoms with Gasteiger partial charge in [-0.1, -0.05) is 222 Å². The van der Waals surface area contributed by atoms with Gasteiger partial charge in [0.2, 0.25) is 0 Å². The van der Waals surface area contributed by atoms with Gasteiger partial charge in [0.05, 0.1) is 0 Å². The molecule has 0 unspecified atom stereocenters. The highest BCUT2D eigenvalue weighted by Gasteiger charge is 2.39. The van der Waals surface area contributed by atoms with E-state index in [0.29, 0.717) is 0 Å². The van der Waals surface area contributed by atoms with E-state index in [1.54, 1.807) is 20.7 Å². The van der Waals surface area contributed by atoms with Gasteiger partial charge >= 0.3 is 0 Å². The van der Waals surface area contributed by atoms with Crippen LogP contribution in [0.2, 0.25) is 26.2 Å². The smallest absolute Gasteiger partial charge is 0.0623 e. The van der Waals surface area contributed by atoms with Crippen molar-refractivity contribution in [2.75, 3.05) is 0 Å². The average molecular weight is 815 g/mol.